The van der Waals surface area contributed by atoms with E-state index >= 15 is 0 Å². The molecule has 0 aliphatic rings. The van der Waals surface area contributed by atoms with Gasteiger partial charge in [-0.2, -0.15) is 0 Å². The van der Waals surface area contributed by atoms with Crippen molar-refractivity contribution >= 4 is 17.3 Å². The van der Waals surface area contributed by atoms with Crippen molar-refractivity contribution in [3.05, 3.63) is 33.3 Å². The van der Waals surface area contributed by atoms with Crippen LogP contribution in [-0.4, -0.2) is 9.55 Å². The highest BCUT2D eigenvalue weighted by Gasteiger charge is 2.07. The van der Waals surface area contributed by atoms with Crippen LogP contribution in [0.25, 0.3) is 0 Å². The summed E-state index contributed by atoms with van der Waals surface area (Å²) >= 11 is 1.83. The van der Waals surface area contributed by atoms with Crippen LogP contribution in [0, 0.1) is 20.8 Å². The molecule has 80 valence electrons. The first-order chi connectivity index (χ1) is 7.08. The Morgan fingerprint density at radius 1 is 1.40 bits per heavy atom. The van der Waals surface area contributed by atoms with E-state index in [4.69, 9.17) is 5.73 Å². The van der Waals surface area contributed by atoms with Gasteiger partial charge in [-0.05, 0) is 32.4 Å². The van der Waals surface area contributed by atoms with Crippen molar-refractivity contribution in [3.63, 3.8) is 0 Å². The zero-order valence-electron chi connectivity index (χ0n) is 9.24. The molecule has 2 heterocycles. The van der Waals surface area contributed by atoms with Gasteiger partial charge < -0.3 is 10.3 Å². The summed E-state index contributed by atoms with van der Waals surface area (Å²) in [7, 11) is 0. The van der Waals surface area contributed by atoms with E-state index in [2.05, 4.69) is 24.9 Å². The number of hydrogen-bond donors (Lipinski definition) is 1. The minimum absolute atomic E-state index is 0.593. The third kappa shape index (κ3) is 1.90. The minimum Gasteiger partial charge on any atom is -0.369 e. The average molecular weight is 221 g/mol. The number of nitrogen functional groups attached to an aromatic ring is 1. The summed E-state index contributed by atoms with van der Waals surface area (Å²) in [5.41, 5.74) is 8.25. The summed E-state index contributed by atoms with van der Waals surface area (Å²) in [5, 5.41) is 0. The van der Waals surface area contributed by atoms with E-state index in [-0.39, 0.29) is 0 Å². The van der Waals surface area contributed by atoms with E-state index in [9.17, 15) is 0 Å². The van der Waals surface area contributed by atoms with Crippen molar-refractivity contribution in [1.82, 2.24) is 9.55 Å². The third-order valence-corrected chi connectivity index (χ3v) is 3.57. The van der Waals surface area contributed by atoms with Crippen LogP contribution in [0.3, 0.4) is 0 Å². The maximum absolute atomic E-state index is 5.80. The molecule has 0 spiro atoms. The number of hydrogen-bond acceptors (Lipinski definition) is 3. The van der Waals surface area contributed by atoms with E-state index in [0.717, 1.165) is 12.2 Å². The number of anilines is 1. The molecule has 0 aliphatic carbocycles. The molecule has 0 atom stereocenters. The lowest BCUT2D eigenvalue weighted by Crippen LogP contribution is -2.06. The minimum atomic E-state index is 0.593. The second-order valence-electron chi connectivity index (χ2n) is 3.78. The fourth-order valence-corrected chi connectivity index (χ4v) is 2.63. The normalized spacial score (nSPS) is 10.9. The predicted octanol–water partition coefficient (Wildman–Crippen LogP) is 2.50. The lowest BCUT2D eigenvalue weighted by atomic mass is 10.2. The molecule has 0 radical (unpaired) electrons. The van der Waals surface area contributed by atoms with E-state index in [0.29, 0.717) is 5.95 Å². The van der Waals surface area contributed by atoms with E-state index in [1.165, 1.54) is 15.3 Å². The van der Waals surface area contributed by atoms with Crippen LogP contribution >= 0.6 is 11.3 Å². The quantitative estimate of drug-likeness (QED) is 0.846. The molecule has 2 aromatic heterocycles. The molecule has 0 aromatic carbocycles. The van der Waals surface area contributed by atoms with Crippen LogP contribution in [0.1, 0.15) is 21.0 Å². The van der Waals surface area contributed by atoms with Gasteiger partial charge in [0.15, 0.2) is 0 Å². The molecule has 0 fully saturated rings. The SMILES string of the molecule is Cc1cc(Cn2c(C)cnc2N)c(C)s1. The highest BCUT2D eigenvalue weighted by Crippen LogP contribution is 2.22. The second-order valence-corrected chi connectivity index (χ2v) is 5.24. The van der Waals surface area contributed by atoms with E-state index in [1.54, 1.807) is 0 Å². The summed E-state index contributed by atoms with van der Waals surface area (Å²) in [6.07, 6.45) is 1.81. The maximum atomic E-state index is 5.80. The summed E-state index contributed by atoms with van der Waals surface area (Å²) in [6.45, 7) is 7.13. The van der Waals surface area contributed by atoms with Gasteiger partial charge in [0.1, 0.15) is 0 Å². The third-order valence-electron chi connectivity index (χ3n) is 2.56. The summed E-state index contributed by atoms with van der Waals surface area (Å²) in [4.78, 5) is 6.80. The van der Waals surface area contributed by atoms with Crippen LogP contribution < -0.4 is 5.73 Å². The number of aryl methyl sites for hydroxylation is 3. The first kappa shape index (κ1) is 10.2. The Morgan fingerprint density at radius 2 is 2.13 bits per heavy atom. The molecule has 0 bridgehead atoms. The van der Waals surface area contributed by atoms with Crippen LogP contribution in [0.15, 0.2) is 12.3 Å². The van der Waals surface area contributed by atoms with Gasteiger partial charge in [0.25, 0.3) is 0 Å². The van der Waals surface area contributed by atoms with Crippen LogP contribution in [0.2, 0.25) is 0 Å². The molecule has 2 aromatic rings. The lowest BCUT2D eigenvalue weighted by molar-refractivity contribution is 0.781. The van der Waals surface area contributed by atoms with Gasteiger partial charge in [-0.1, -0.05) is 0 Å². The molecule has 0 saturated carbocycles. The highest BCUT2D eigenvalue weighted by molar-refractivity contribution is 7.12. The molecular formula is C11H15N3S. The molecule has 4 heteroatoms. The Balaban J connectivity index is 2.33. The highest BCUT2D eigenvalue weighted by atomic mass is 32.1. The Bertz CT molecular complexity index is 462. The summed E-state index contributed by atoms with van der Waals surface area (Å²) < 4.78 is 2.04. The van der Waals surface area contributed by atoms with Crippen LogP contribution in [-0.2, 0) is 6.54 Å². The summed E-state index contributed by atoms with van der Waals surface area (Å²) in [6, 6.07) is 2.22. The fraction of sp³-hybridized carbons (Fsp3) is 0.364. The van der Waals surface area contributed by atoms with E-state index in [1.807, 2.05) is 29.0 Å². The number of nitrogens with two attached hydrogens (primary N) is 1. The number of rotatable bonds is 2. The van der Waals surface area contributed by atoms with Gasteiger partial charge in [0.2, 0.25) is 5.95 Å². The summed E-state index contributed by atoms with van der Waals surface area (Å²) in [5.74, 6) is 0.593. The smallest absolute Gasteiger partial charge is 0.200 e. The molecular weight excluding hydrogens is 206 g/mol. The number of aromatic nitrogens is 2. The second kappa shape index (κ2) is 3.70. The molecule has 2 rings (SSSR count). The number of imidazole rings is 1. The lowest BCUT2D eigenvalue weighted by Gasteiger charge is -2.06. The Morgan fingerprint density at radius 3 is 2.60 bits per heavy atom. The van der Waals surface area contributed by atoms with Crippen LogP contribution in [0.5, 0.6) is 0 Å². The van der Waals surface area contributed by atoms with Gasteiger partial charge in [-0.15, -0.1) is 11.3 Å². The Kier molecular flexibility index (Phi) is 2.52. The van der Waals surface area contributed by atoms with Gasteiger partial charge in [-0.3, -0.25) is 0 Å². The van der Waals surface area contributed by atoms with Crippen molar-refractivity contribution < 1.29 is 0 Å². The molecule has 0 unspecified atom stereocenters. The van der Waals surface area contributed by atoms with Crippen molar-refractivity contribution in [2.45, 2.75) is 27.3 Å². The molecule has 2 N–H and O–H groups in total. The monoisotopic (exact) mass is 221 g/mol. The molecule has 0 saturated heterocycles. The zero-order chi connectivity index (χ0) is 11.0. The number of thiophene rings is 1. The standard InChI is InChI=1S/C11H15N3S/c1-7-5-13-11(12)14(7)6-10-4-8(2)15-9(10)3/h4-5H,6H2,1-3H3,(H2,12,13). The van der Waals surface area contributed by atoms with E-state index < -0.39 is 0 Å². The molecule has 15 heavy (non-hydrogen) atoms. The first-order valence-corrected chi connectivity index (χ1v) is 5.73. The van der Waals surface area contributed by atoms with Gasteiger partial charge in [0, 0.05) is 15.4 Å². The Hall–Kier alpha value is -1.29. The Labute approximate surface area is 93.6 Å². The predicted molar refractivity (Wildman–Crippen MR) is 64.3 cm³/mol. The van der Waals surface area contributed by atoms with Crippen molar-refractivity contribution in [2.75, 3.05) is 5.73 Å². The average Bonchev–Trinajstić information content (AvgIpc) is 2.63. The van der Waals surface area contributed by atoms with Gasteiger partial charge in [-0.25, -0.2) is 4.98 Å². The van der Waals surface area contributed by atoms with Gasteiger partial charge >= 0.3 is 0 Å². The fourth-order valence-electron chi connectivity index (χ4n) is 1.70. The van der Waals surface area contributed by atoms with Crippen molar-refractivity contribution in [1.29, 1.82) is 0 Å². The molecule has 3 nitrogen and oxygen atoms in total. The molecule has 0 aliphatic heterocycles. The zero-order valence-corrected chi connectivity index (χ0v) is 10.1. The molecule has 0 amide bonds. The largest absolute Gasteiger partial charge is 0.369 e. The maximum Gasteiger partial charge on any atom is 0.200 e. The first-order valence-electron chi connectivity index (χ1n) is 4.91. The van der Waals surface area contributed by atoms with Gasteiger partial charge in [0.05, 0.1) is 12.7 Å². The van der Waals surface area contributed by atoms with Crippen molar-refractivity contribution in [2.24, 2.45) is 0 Å². The van der Waals surface area contributed by atoms with Crippen LogP contribution in [0.4, 0.5) is 5.95 Å². The van der Waals surface area contributed by atoms with Crippen molar-refractivity contribution in [3.8, 4) is 0 Å². The topological polar surface area (TPSA) is 43.8 Å². The number of nitrogens with zero attached hydrogens (tertiary/aromatic N) is 2.